The molecule has 1 nitrogen and oxygen atoms in total. The second kappa shape index (κ2) is 2.97. The van der Waals surface area contributed by atoms with Crippen LogP contribution in [0.2, 0.25) is 0 Å². The number of thiol groups is 1. The van der Waals surface area contributed by atoms with E-state index in [9.17, 15) is 0 Å². The van der Waals surface area contributed by atoms with Crippen LogP contribution in [0.4, 0.5) is 5.69 Å². The van der Waals surface area contributed by atoms with E-state index in [1.165, 1.54) is 5.56 Å². The first-order valence-corrected chi connectivity index (χ1v) is 3.76. The van der Waals surface area contributed by atoms with E-state index in [-0.39, 0.29) is 0 Å². The quantitative estimate of drug-likeness (QED) is 0.469. The molecule has 2 heteroatoms. The maximum Gasteiger partial charge on any atom is 0.0452 e. The lowest BCUT2D eigenvalue weighted by Crippen LogP contribution is -1.88. The van der Waals surface area contributed by atoms with Crippen LogP contribution in [-0.4, -0.2) is 0 Å². The summed E-state index contributed by atoms with van der Waals surface area (Å²) >= 11 is 4.16. The first kappa shape index (κ1) is 7.48. The second-order valence-electron chi connectivity index (χ2n) is 2.25. The van der Waals surface area contributed by atoms with Crippen LogP contribution in [0.25, 0.3) is 0 Å². The van der Waals surface area contributed by atoms with Gasteiger partial charge in [0.25, 0.3) is 0 Å². The van der Waals surface area contributed by atoms with Gasteiger partial charge in [0.1, 0.15) is 0 Å². The molecule has 0 atom stereocenters. The molecule has 0 spiro atoms. The summed E-state index contributed by atoms with van der Waals surface area (Å²) in [5.41, 5.74) is 7.65. The van der Waals surface area contributed by atoms with E-state index in [4.69, 9.17) is 5.73 Å². The van der Waals surface area contributed by atoms with Crippen molar-refractivity contribution in [2.75, 3.05) is 5.73 Å². The van der Waals surface area contributed by atoms with Crippen molar-refractivity contribution < 1.29 is 0 Å². The van der Waals surface area contributed by atoms with Crippen LogP contribution in [-0.2, 0) is 6.42 Å². The fraction of sp³-hybridized carbons (Fsp3) is 0.250. The Hall–Kier alpha value is -0.630. The van der Waals surface area contributed by atoms with Crippen molar-refractivity contribution in [2.45, 2.75) is 18.2 Å². The van der Waals surface area contributed by atoms with Gasteiger partial charge in [-0.1, -0.05) is 13.0 Å². The van der Waals surface area contributed by atoms with Crippen molar-refractivity contribution in [3.63, 3.8) is 0 Å². The number of aryl methyl sites for hydroxylation is 1. The Morgan fingerprint density at radius 3 is 2.70 bits per heavy atom. The van der Waals surface area contributed by atoms with Crippen LogP contribution < -0.4 is 5.73 Å². The molecule has 1 aromatic rings. The topological polar surface area (TPSA) is 26.0 Å². The second-order valence-corrected chi connectivity index (χ2v) is 2.73. The summed E-state index contributed by atoms with van der Waals surface area (Å²) in [6.07, 6.45) is 1.03. The van der Waals surface area contributed by atoms with Crippen molar-refractivity contribution >= 4 is 18.3 Å². The Kier molecular flexibility index (Phi) is 2.22. The van der Waals surface area contributed by atoms with E-state index < -0.39 is 0 Å². The Labute approximate surface area is 66.7 Å². The number of rotatable bonds is 1. The predicted octanol–water partition coefficient (Wildman–Crippen LogP) is 2.12. The van der Waals surface area contributed by atoms with Gasteiger partial charge >= 0.3 is 0 Å². The zero-order chi connectivity index (χ0) is 7.56. The zero-order valence-corrected chi connectivity index (χ0v) is 6.86. The van der Waals surface area contributed by atoms with E-state index >= 15 is 0 Å². The molecule has 0 aliphatic rings. The lowest BCUT2D eigenvalue weighted by atomic mass is 10.1. The molecule has 0 saturated carbocycles. The summed E-state index contributed by atoms with van der Waals surface area (Å²) < 4.78 is 0. The third-order valence-electron chi connectivity index (χ3n) is 1.50. The minimum absolute atomic E-state index is 0.766. The summed E-state index contributed by atoms with van der Waals surface area (Å²) in [7, 11) is 0. The van der Waals surface area contributed by atoms with Gasteiger partial charge in [-0.3, -0.25) is 0 Å². The monoisotopic (exact) mass is 153 g/mol. The van der Waals surface area contributed by atoms with Crippen molar-refractivity contribution in [1.82, 2.24) is 0 Å². The van der Waals surface area contributed by atoms with Crippen LogP contribution in [0.1, 0.15) is 12.5 Å². The summed E-state index contributed by atoms with van der Waals surface area (Å²) in [6, 6.07) is 5.93. The van der Waals surface area contributed by atoms with Crippen LogP contribution in [0.3, 0.4) is 0 Å². The van der Waals surface area contributed by atoms with Crippen LogP contribution in [0.5, 0.6) is 0 Å². The van der Waals surface area contributed by atoms with Crippen LogP contribution in [0.15, 0.2) is 23.1 Å². The fourth-order valence-electron chi connectivity index (χ4n) is 0.824. The highest BCUT2D eigenvalue weighted by molar-refractivity contribution is 7.80. The molecule has 0 heterocycles. The average molecular weight is 153 g/mol. The molecule has 54 valence electrons. The smallest absolute Gasteiger partial charge is 0.0452 e. The molecule has 0 aromatic heterocycles. The number of benzene rings is 1. The highest BCUT2D eigenvalue weighted by Crippen LogP contribution is 2.17. The molecule has 0 unspecified atom stereocenters. The van der Waals surface area contributed by atoms with E-state index in [0.29, 0.717) is 0 Å². The normalized spacial score (nSPS) is 9.80. The van der Waals surface area contributed by atoms with Crippen LogP contribution >= 0.6 is 12.6 Å². The molecule has 0 radical (unpaired) electrons. The maximum absolute atomic E-state index is 5.62. The maximum atomic E-state index is 5.62. The van der Waals surface area contributed by atoms with Crippen molar-refractivity contribution in [3.8, 4) is 0 Å². The van der Waals surface area contributed by atoms with Gasteiger partial charge in [-0.2, -0.15) is 0 Å². The Morgan fingerprint density at radius 2 is 2.20 bits per heavy atom. The van der Waals surface area contributed by atoms with Crippen molar-refractivity contribution in [1.29, 1.82) is 0 Å². The molecule has 1 aromatic carbocycles. The molecule has 0 bridgehead atoms. The van der Waals surface area contributed by atoms with Gasteiger partial charge in [0.15, 0.2) is 0 Å². The van der Waals surface area contributed by atoms with E-state index in [1.807, 2.05) is 18.2 Å². The number of hydrogen-bond donors (Lipinski definition) is 2. The van der Waals surface area contributed by atoms with Gasteiger partial charge in [-0.25, -0.2) is 0 Å². The van der Waals surface area contributed by atoms with Gasteiger partial charge in [-0.05, 0) is 24.1 Å². The predicted molar refractivity (Wildman–Crippen MR) is 47.5 cm³/mol. The summed E-state index contributed by atoms with van der Waals surface area (Å²) in [5, 5.41) is 0. The van der Waals surface area contributed by atoms with E-state index in [1.54, 1.807) is 0 Å². The Balaban J connectivity index is 3.04. The molecule has 0 fully saturated rings. The third-order valence-corrected chi connectivity index (χ3v) is 1.91. The molecular formula is C8H11NS. The minimum atomic E-state index is 0.766. The molecule has 0 aliphatic heterocycles. The van der Waals surface area contributed by atoms with Crippen LogP contribution in [0, 0.1) is 0 Å². The van der Waals surface area contributed by atoms with Crippen molar-refractivity contribution in [3.05, 3.63) is 23.8 Å². The summed E-state index contributed by atoms with van der Waals surface area (Å²) in [4.78, 5) is 0.859. The lowest BCUT2D eigenvalue weighted by molar-refractivity contribution is 1.13. The van der Waals surface area contributed by atoms with E-state index in [2.05, 4.69) is 19.6 Å². The van der Waals surface area contributed by atoms with Gasteiger partial charge in [0.05, 0.1) is 0 Å². The largest absolute Gasteiger partial charge is 0.398 e. The van der Waals surface area contributed by atoms with Gasteiger partial charge in [0.2, 0.25) is 0 Å². The molecule has 0 aliphatic carbocycles. The van der Waals surface area contributed by atoms with E-state index in [0.717, 1.165) is 17.0 Å². The molecule has 2 N–H and O–H groups in total. The first-order valence-electron chi connectivity index (χ1n) is 3.31. The standard InChI is InChI=1S/C8H11NS/c1-2-6-3-4-8(10)7(9)5-6/h3-5,10H,2,9H2,1H3. The molecule has 10 heavy (non-hydrogen) atoms. The third kappa shape index (κ3) is 1.45. The lowest BCUT2D eigenvalue weighted by Gasteiger charge is -2.00. The fourth-order valence-corrected chi connectivity index (χ4v) is 0.963. The van der Waals surface area contributed by atoms with Gasteiger partial charge in [-0.15, -0.1) is 12.6 Å². The summed E-state index contributed by atoms with van der Waals surface area (Å²) in [6.45, 7) is 2.10. The number of nitrogens with two attached hydrogens (primary N) is 1. The SMILES string of the molecule is CCc1ccc(S)c(N)c1. The molecule has 0 amide bonds. The first-order chi connectivity index (χ1) is 4.74. The zero-order valence-electron chi connectivity index (χ0n) is 5.96. The molecular weight excluding hydrogens is 142 g/mol. The number of anilines is 1. The number of nitrogen functional groups attached to an aromatic ring is 1. The minimum Gasteiger partial charge on any atom is -0.398 e. The average Bonchev–Trinajstić information content (AvgIpc) is 1.95. The Morgan fingerprint density at radius 1 is 1.50 bits per heavy atom. The van der Waals surface area contributed by atoms with Gasteiger partial charge in [0, 0.05) is 10.6 Å². The highest BCUT2D eigenvalue weighted by Gasteiger charge is 1.93. The number of hydrogen-bond acceptors (Lipinski definition) is 2. The van der Waals surface area contributed by atoms with Gasteiger partial charge < -0.3 is 5.73 Å². The summed E-state index contributed by atoms with van der Waals surface area (Å²) in [5.74, 6) is 0. The molecule has 1 rings (SSSR count). The molecule has 0 saturated heterocycles. The Bertz CT molecular complexity index is 233. The highest BCUT2D eigenvalue weighted by atomic mass is 32.1. The van der Waals surface area contributed by atoms with Crippen molar-refractivity contribution in [2.24, 2.45) is 0 Å².